The maximum atomic E-state index is 12.9. The molecule has 2 saturated carbocycles. The van der Waals surface area contributed by atoms with Crippen molar-refractivity contribution in [3.05, 3.63) is 47.5 Å². The molecule has 2 aromatic carbocycles. The Morgan fingerprint density at radius 2 is 0.949 bits per heavy atom. The van der Waals surface area contributed by atoms with Gasteiger partial charge in [0.1, 0.15) is 12.2 Å². The molecule has 2 aliphatic carbocycles. The summed E-state index contributed by atoms with van der Waals surface area (Å²) in [5.41, 5.74) is 2.28. The summed E-state index contributed by atoms with van der Waals surface area (Å²) in [5.74, 6) is 3.15. The van der Waals surface area contributed by atoms with E-state index in [1.165, 1.54) is 58.3 Å². The quantitative estimate of drug-likeness (QED) is 0.207. The van der Waals surface area contributed by atoms with Gasteiger partial charge in [0.25, 0.3) is 0 Å². The summed E-state index contributed by atoms with van der Waals surface area (Å²) >= 11 is 0. The first-order chi connectivity index (χ1) is 28.8. The third kappa shape index (κ3) is 11.5. The van der Waals surface area contributed by atoms with Crippen LogP contribution in [0.4, 0.5) is 9.59 Å². The fraction of sp³-hybridized carbons (Fsp3) is 0.702. The highest BCUT2D eigenvalue weighted by molar-refractivity contribution is 5.68. The first-order valence-electron chi connectivity index (χ1n) is 23.0. The van der Waals surface area contributed by atoms with Gasteiger partial charge in [0.2, 0.25) is 13.6 Å². The van der Waals surface area contributed by atoms with Crippen molar-refractivity contribution in [1.82, 2.24) is 19.6 Å². The zero-order valence-electron chi connectivity index (χ0n) is 36.2. The van der Waals surface area contributed by atoms with Crippen molar-refractivity contribution in [3.63, 3.8) is 0 Å². The van der Waals surface area contributed by atoms with Crippen molar-refractivity contribution in [1.29, 1.82) is 0 Å². The monoisotopic (exact) mass is 819 g/mol. The highest BCUT2D eigenvalue weighted by Gasteiger charge is 2.32. The highest BCUT2D eigenvalue weighted by atomic mass is 16.7. The van der Waals surface area contributed by atoms with Crippen LogP contribution in [0.2, 0.25) is 0 Å². The molecule has 4 heterocycles. The van der Waals surface area contributed by atoms with Crippen molar-refractivity contribution < 1.29 is 38.0 Å². The average Bonchev–Trinajstić information content (AvgIpc) is 4.06. The third-order valence-electron chi connectivity index (χ3n) is 13.5. The molecular formula is C47H70N4O8. The number of benzene rings is 2. The van der Waals surface area contributed by atoms with Gasteiger partial charge in [-0.1, -0.05) is 18.6 Å². The van der Waals surface area contributed by atoms with E-state index >= 15 is 0 Å². The van der Waals surface area contributed by atoms with Gasteiger partial charge in [-0.15, -0.1) is 0 Å². The van der Waals surface area contributed by atoms with E-state index in [1.54, 1.807) is 0 Å². The van der Waals surface area contributed by atoms with E-state index in [4.69, 9.17) is 28.4 Å². The van der Waals surface area contributed by atoms with Gasteiger partial charge in [-0.25, -0.2) is 9.59 Å². The van der Waals surface area contributed by atoms with Crippen LogP contribution in [0, 0.1) is 0 Å². The lowest BCUT2D eigenvalue weighted by Gasteiger charge is -2.39. The molecule has 0 bridgehead atoms. The Bertz CT molecular complexity index is 1650. The van der Waals surface area contributed by atoms with Gasteiger partial charge in [-0.3, -0.25) is 0 Å². The molecule has 2 unspecified atom stereocenters. The molecule has 2 aromatic rings. The molecule has 12 nitrogen and oxygen atoms in total. The maximum absolute atomic E-state index is 12.9. The zero-order valence-corrected chi connectivity index (χ0v) is 36.2. The van der Waals surface area contributed by atoms with Crippen molar-refractivity contribution in [3.8, 4) is 23.0 Å². The Balaban J connectivity index is 0.000000179. The van der Waals surface area contributed by atoms with Crippen molar-refractivity contribution in [2.45, 2.75) is 160 Å². The van der Waals surface area contributed by atoms with Gasteiger partial charge < -0.3 is 48.0 Å². The van der Waals surface area contributed by atoms with Gasteiger partial charge in [-0.2, -0.15) is 0 Å². The first-order valence-corrected chi connectivity index (χ1v) is 23.0. The number of amides is 2. The molecule has 0 spiro atoms. The summed E-state index contributed by atoms with van der Waals surface area (Å²) in [6.07, 6.45) is 16.6. The normalized spacial score (nSPS) is 25.0. The Morgan fingerprint density at radius 3 is 1.34 bits per heavy atom. The van der Waals surface area contributed by atoms with Gasteiger partial charge in [-0.05, 0) is 179 Å². The van der Waals surface area contributed by atoms with Crippen LogP contribution in [-0.4, -0.2) is 121 Å². The van der Waals surface area contributed by atoms with Crippen molar-refractivity contribution in [2.75, 3.05) is 52.9 Å². The zero-order chi connectivity index (χ0) is 41.1. The predicted molar refractivity (Wildman–Crippen MR) is 228 cm³/mol. The Hall–Kier alpha value is -3.90. The lowest BCUT2D eigenvalue weighted by molar-refractivity contribution is 0.0195. The molecule has 4 aliphatic heterocycles. The molecule has 0 radical (unpaired) electrons. The van der Waals surface area contributed by atoms with Crippen LogP contribution in [0.1, 0.15) is 122 Å². The summed E-state index contributed by atoms with van der Waals surface area (Å²) in [7, 11) is 0. The standard InChI is InChI=1S/C24H36N2O4.C23H34N2O4/c1-3-26(18(2)15-19-7-12-22-23(16-19)29-17-28-22)24(27)30-21-10-8-20(9-11-21)25-13-5-4-6-14-25;1-3-25(17(2)14-18-6-11-21-22(15-18)28-16-27-21)23(26)29-20-9-7-19(8-10-20)24-12-4-5-13-24/h7,12,16,18,20-21H,3-6,8-11,13-15,17H2,1-2H3;6,11,15,17,19-20H,3-5,7-10,12-14,16H2,1-2H3. The number of hydrogen-bond donors (Lipinski definition) is 0. The Morgan fingerprint density at radius 1 is 0.576 bits per heavy atom. The number of hydrogen-bond acceptors (Lipinski definition) is 10. The minimum absolute atomic E-state index is 0.0605. The lowest BCUT2D eigenvalue weighted by atomic mass is 9.90. The van der Waals surface area contributed by atoms with E-state index < -0.39 is 0 Å². The fourth-order valence-corrected chi connectivity index (χ4v) is 10.1. The molecule has 0 N–H and O–H groups in total. The van der Waals surface area contributed by atoms with Crippen LogP contribution >= 0.6 is 0 Å². The van der Waals surface area contributed by atoms with Crippen LogP contribution < -0.4 is 18.9 Å². The minimum Gasteiger partial charge on any atom is -0.454 e. The van der Waals surface area contributed by atoms with E-state index in [9.17, 15) is 9.59 Å². The molecule has 2 atom stereocenters. The van der Waals surface area contributed by atoms with Gasteiger partial charge >= 0.3 is 12.2 Å². The molecule has 4 fully saturated rings. The number of ether oxygens (including phenoxy) is 6. The summed E-state index contributed by atoms with van der Waals surface area (Å²) in [6, 6.07) is 13.5. The topological polar surface area (TPSA) is 102 Å². The van der Waals surface area contributed by atoms with Crippen LogP contribution in [0.5, 0.6) is 23.0 Å². The molecule has 2 amide bonds. The molecule has 8 rings (SSSR count). The summed E-state index contributed by atoms with van der Waals surface area (Å²) in [4.78, 5) is 34.7. The maximum Gasteiger partial charge on any atom is 0.410 e. The Labute approximate surface area is 352 Å². The lowest BCUT2D eigenvalue weighted by Crippen LogP contribution is -2.44. The summed E-state index contributed by atoms with van der Waals surface area (Å²) in [5, 5.41) is 0. The number of piperidine rings is 1. The second kappa shape index (κ2) is 21.1. The highest BCUT2D eigenvalue weighted by Crippen LogP contribution is 2.35. The Kier molecular flexibility index (Phi) is 15.4. The van der Waals surface area contributed by atoms with Gasteiger partial charge in [0.15, 0.2) is 23.0 Å². The number of nitrogens with zero attached hydrogens (tertiary/aromatic N) is 4. The van der Waals surface area contributed by atoms with Crippen LogP contribution in [0.15, 0.2) is 36.4 Å². The van der Waals surface area contributed by atoms with E-state index in [0.717, 1.165) is 98.3 Å². The van der Waals surface area contributed by atoms with Crippen molar-refractivity contribution >= 4 is 12.2 Å². The second-order valence-electron chi connectivity index (χ2n) is 17.5. The molecule has 12 heteroatoms. The minimum atomic E-state index is -0.176. The number of likely N-dealkylation sites (tertiary alicyclic amines) is 2. The van der Waals surface area contributed by atoms with E-state index in [0.29, 0.717) is 25.2 Å². The summed E-state index contributed by atoms with van der Waals surface area (Å²) < 4.78 is 33.6. The van der Waals surface area contributed by atoms with Crippen LogP contribution in [0.3, 0.4) is 0 Å². The van der Waals surface area contributed by atoms with Crippen LogP contribution in [0.25, 0.3) is 0 Å². The molecule has 6 aliphatic rings. The number of carbonyl (C=O) groups is 2. The smallest absolute Gasteiger partial charge is 0.410 e. The number of fused-ring (bicyclic) bond motifs is 2. The number of likely N-dealkylation sites (N-methyl/N-ethyl adjacent to an activating group) is 2. The predicted octanol–water partition coefficient (Wildman–Crippen LogP) is 8.81. The molecular weight excluding hydrogens is 749 g/mol. The van der Waals surface area contributed by atoms with Crippen LogP contribution in [-0.2, 0) is 22.3 Å². The number of rotatable bonds is 12. The SMILES string of the molecule is CCN(C(=O)OC1CCC(N2CCCC2)CC1)C(C)Cc1ccc2c(c1)OCO2.CCN(C(=O)OC1CCC(N2CCCCC2)CC1)C(C)Cc1ccc2c(c1)OCO2. The summed E-state index contributed by atoms with van der Waals surface area (Å²) in [6.45, 7) is 15.0. The third-order valence-corrected chi connectivity index (χ3v) is 13.5. The van der Waals surface area contributed by atoms with E-state index in [2.05, 4.69) is 23.6 Å². The first kappa shape index (κ1) is 43.2. The van der Waals surface area contributed by atoms with E-state index in [1.807, 2.05) is 60.0 Å². The molecule has 2 saturated heterocycles. The van der Waals surface area contributed by atoms with Crippen molar-refractivity contribution in [2.24, 2.45) is 0 Å². The molecule has 0 aromatic heterocycles. The average molecular weight is 819 g/mol. The fourth-order valence-electron chi connectivity index (χ4n) is 10.1. The van der Waals surface area contributed by atoms with Gasteiger partial charge in [0.05, 0.1) is 0 Å². The second-order valence-corrected chi connectivity index (χ2v) is 17.5. The molecule has 59 heavy (non-hydrogen) atoms. The van der Waals surface area contributed by atoms with E-state index in [-0.39, 0.29) is 50.1 Å². The number of carbonyl (C=O) groups excluding carboxylic acids is 2. The van der Waals surface area contributed by atoms with Gasteiger partial charge in [0, 0.05) is 37.3 Å². The largest absolute Gasteiger partial charge is 0.454 e. The molecule has 326 valence electrons.